The van der Waals surface area contributed by atoms with Crippen LogP contribution in [0.5, 0.6) is 0 Å². The molecule has 0 atom stereocenters. The summed E-state index contributed by atoms with van der Waals surface area (Å²) in [5.41, 5.74) is 4.57. The third-order valence-electron chi connectivity index (χ3n) is 5.55. The van der Waals surface area contributed by atoms with Crippen molar-refractivity contribution in [1.82, 2.24) is 19.7 Å². The summed E-state index contributed by atoms with van der Waals surface area (Å²) >= 11 is 8.05. The van der Waals surface area contributed by atoms with Crippen molar-refractivity contribution in [1.29, 1.82) is 0 Å². The molecule has 0 saturated heterocycles. The van der Waals surface area contributed by atoms with Crippen LogP contribution in [0.25, 0.3) is 22.6 Å². The Morgan fingerprint density at radius 3 is 2.67 bits per heavy atom. The minimum absolute atomic E-state index is 0.268. The molecule has 7 nitrogen and oxygen atoms in total. The van der Waals surface area contributed by atoms with Gasteiger partial charge in [0.05, 0.1) is 22.0 Å². The minimum atomic E-state index is -0.940. The normalized spacial score (nSPS) is 13.2. The van der Waals surface area contributed by atoms with Crippen LogP contribution in [0, 0.1) is 0 Å². The molecule has 0 amide bonds. The molecule has 0 bridgehead atoms. The first-order valence-electron chi connectivity index (χ1n) is 10.4. The monoisotopic (exact) mass is 477 g/mol. The molecular weight excluding hydrogens is 458 g/mol. The Morgan fingerprint density at radius 2 is 2.00 bits per heavy atom. The molecule has 0 aliphatic heterocycles. The number of rotatable bonds is 7. The zero-order valence-corrected chi connectivity index (χ0v) is 19.3. The van der Waals surface area contributed by atoms with Crippen LogP contribution in [0.3, 0.4) is 0 Å². The fraction of sp³-hybridized carbons (Fsp3) is 0.167. The number of aromatic carboxylic acids is 1. The van der Waals surface area contributed by atoms with Gasteiger partial charge >= 0.3 is 5.97 Å². The number of hydrogen-bond donors (Lipinski definition) is 2. The molecule has 1 fully saturated rings. The van der Waals surface area contributed by atoms with Crippen LogP contribution < -0.4 is 4.72 Å². The highest BCUT2D eigenvalue weighted by atomic mass is 35.5. The fourth-order valence-corrected chi connectivity index (χ4v) is 4.88. The van der Waals surface area contributed by atoms with Crippen LogP contribution in [0.15, 0.2) is 66.0 Å². The largest absolute Gasteiger partial charge is 0.478 e. The zero-order valence-electron chi connectivity index (χ0n) is 17.7. The zero-order chi connectivity index (χ0) is 22.9. The van der Waals surface area contributed by atoms with E-state index in [-0.39, 0.29) is 5.56 Å². The lowest BCUT2D eigenvalue weighted by Gasteiger charge is -2.16. The second-order valence-corrected chi connectivity index (χ2v) is 9.09. The predicted octanol–water partition coefficient (Wildman–Crippen LogP) is 5.89. The summed E-state index contributed by atoms with van der Waals surface area (Å²) in [6.45, 7) is 0. The van der Waals surface area contributed by atoms with Gasteiger partial charge in [-0.2, -0.15) is 5.10 Å². The number of aromatic nitrogens is 4. The molecule has 1 saturated carbocycles. The lowest BCUT2D eigenvalue weighted by molar-refractivity contribution is 0.0696. The van der Waals surface area contributed by atoms with E-state index in [4.69, 9.17) is 11.6 Å². The lowest BCUT2D eigenvalue weighted by Crippen LogP contribution is -2.01. The second kappa shape index (κ2) is 8.88. The highest BCUT2D eigenvalue weighted by molar-refractivity contribution is 8.00. The molecule has 5 rings (SSSR count). The lowest BCUT2D eigenvalue weighted by atomic mass is 10.1. The number of carboxylic acid groups (broad SMARTS) is 1. The SMILES string of the molecule is Cn1ncnc1-c1cc(NSc2cc(C(=O)O)ccc2C2CC2)c(-c2ccccn2)cc1Cl. The summed E-state index contributed by atoms with van der Waals surface area (Å²) in [6.07, 6.45) is 5.46. The van der Waals surface area contributed by atoms with Gasteiger partial charge in [0, 0.05) is 29.3 Å². The Labute approximate surface area is 200 Å². The molecule has 4 aromatic rings. The number of anilines is 1. The molecule has 1 aliphatic carbocycles. The molecule has 2 aromatic carbocycles. The van der Waals surface area contributed by atoms with E-state index in [0.717, 1.165) is 40.2 Å². The summed E-state index contributed by atoms with van der Waals surface area (Å²) < 4.78 is 5.10. The average Bonchev–Trinajstić information content (AvgIpc) is 3.59. The fourth-order valence-electron chi connectivity index (χ4n) is 3.70. The number of hydrogen-bond acceptors (Lipinski definition) is 6. The van der Waals surface area contributed by atoms with Gasteiger partial charge in [0.2, 0.25) is 0 Å². The quantitative estimate of drug-likeness (QED) is 0.320. The van der Waals surface area contributed by atoms with Crippen LogP contribution in [0.2, 0.25) is 5.02 Å². The van der Waals surface area contributed by atoms with Crippen LogP contribution >= 0.6 is 23.5 Å². The van der Waals surface area contributed by atoms with E-state index in [1.54, 1.807) is 23.0 Å². The predicted molar refractivity (Wildman–Crippen MR) is 130 cm³/mol. The van der Waals surface area contributed by atoms with Crippen molar-refractivity contribution in [2.75, 3.05) is 4.72 Å². The second-order valence-electron chi connectivity index (χ2n) is 7.84. The molecule has 166 valence electrons. The van der Waals surface area contributed by atoms with Gasteiger partial charge in [-0.15, -0.1) is 0 Å². The molecule has 0 radical (unpaired) electrons. The van der Waals surface area contributed by atoms with Crippen LogP contribution in [0.1, 0.15) is 34.7 Å². The first kappa shape index (κ1) is 21.5. The molecule has 9 heteroatoms. The van der Waals surface area contributed by atoms with E-state index in [1.165, 1.54) is 23.8 Å². The molecule has 0 unspecified atom stereocenters. The smallest absolute Gasteiger partial charge is 0.335 e. The van der Waals surface area contributed by atoms with Gasteiger partial charge in [-0.05, 0) is 72.7 Å². The summed E-state index contributed by atoms with van der Waals surface area (Å²) in [5, 5.41) is 14.2. The van der Waals surface area contributed by atoms with Gasteiger partial charge in [0.25, 0.3) is 0 Å². The molecule has 2 heterocycles. The first-order chi connectivity index (χ1) is 16.0. The van der Waals surface area contributed by atoms with Crippen molar-refractivity contribution in [2.45, 2.75) is 23.7 Å². The van der Waals surface area contributed by atoms with Crippen molar-refractivity contribution in [3.63, 3.8) is 0 Å². The van der Waals surface area contributed by atoms with Crippen molar-refractivity contribution < 1.29 is 9.90 Å². The topological polar surface area (TPSA) is 92.9 Å². The van der Waals surface area contributed by atoms with Gasteiger partial charge in [0.15, 0.2) is 5.82 Å². The van der Waals surface area contributed by atoms with E-state index in [9.17, 15) is 9.90 Å². The molecule has 1 aliphatic rings. The Hall–Kier alpha value is -3.36. The maximum atomic E-state index is 11.5. The van der Waals surface area contributed by atoms with Gasteiger partial charge < -0.3 is 9.83 Å². The third-order valence-corrected chi connectivity index (χ3v) is 6.76. The van der Waals surface area contributed by atoms with Crippen LogP contribution in [-0.2, 0) is 7.05 Å². The van der Waals surface area contributed by atoms with E-state index in [2.05, 4.69) is 19.8 Å². The van der Waals surface area contributed by atoms with Gasteiger partial charge in [0.1, 0.15) is 6.33 Å². The minimum Gasteiger partial charge on any atom is -0.478 e. The summed E-state index contributed by atoms with van der Waals surface area (Å²) in [6, 6.07) is 14.8. The van der Waals surface area contributed by atoms with Crippen molar-refractivity contribution in [2.24, 2.45) is 7.05 Å². The Morgan fingerprint density at radius 1 is 1.15 bits per heavy atom. The highest BCUT2D eigenvalue weighted by Gasteiger charge is 2.27. The standard InChI is InChI=1S/C24H20ClN5O2S/c1-30-23(27-13-28-30)17-12-21(18(11-19(17)25)20-4-2-3-9-26-20)29-33-22-10-15(24(31)32)7-8-16(22)14-5-6-14/h2-4,7-14,29H,5-6H2,1H3,(H,31,32). The summed E-state index contributed by atoms with van der Waals surface area (Å²) in [4.78, 5) is 21.3. The van der Waals surface area contributed by atoms with Crippen LogP contribution in [-0.4, -0.2) is 30.8 Å². The number of pyridine rings is 1. The maximum absolute atomic E-state index is 11.5. The van der Waals surface area contributed by atoms with Gasteiger partial charge in [-0.3, -0.25) is 4.98 Å². The Balaban J connectivity index is 1.56. The molecule has 33 heavy (non-hydrogen) atoms. The number of aryl methyl sites for hydroxylation is 1. The first-order valence-corrected chi connectivity index (χ1v) is 11.6. The molecule has 2 N–H and O–H groups in total. The van der Waals surface area contributed by atoms with Gasteiger partial charge in [-0.25, -0.2) is 14.5 Å². The maximum Gasteiger partial charge on any atom is 0.335 e. The number of benzene rings is 2. The van der Waals surface area contributed by atoms with Crippen molar-refractivity contribution in [3.8, 4) is 22.6 Å². The van der Waals surface area contributed by atoms with Crippen molar-refractivity contribution >= 4 is 35.2 Å². The number of nitrogens with zero attached hydrogens (tertiary/aromatic N) is 4. The number of nitrogens with one attached hydrogen (secondary N) is 1. The number of carbonyl (C=O) groups is 1. The van der Waals surface area contributed by atoms with Gasteiger partial charge in [-0.1, -0.05) is 23.7 Å². The summed E-state index contributed by atoms with van der Waals surface area (Å²) in [7, 11) is 1.81. The van der Waals surface area contributed by atoms with Crippen LogP contribution in [0.4, 0.5) is 5.69 Å². The van der Waals surface area contributed by atoms with Crippen molar-refractivity contribution in [3.05, 3.63) is 77.2 Å². The highest BCUT2D eigenvalue weighted by Crippen LogP contribution is 2.45. The van der Waals surface area contributed by atoms with E-state index < -0.39 is 5.97 Å². The third kappa shape index (κ3) is 4.44. The van der Waals surface area contributed by atoms with E-state index in [0.29, 0.717) is 16.8 Å². The van der Waals surface area contributed by atoms with E-state index in [1.807, 2.05) is 43.4 Å². The average molecular weight is 478 g/mol. The molecule has 0 spiro atoms. The van der Waals surface area contributed by atoms with E-state index >= 15 is 0 Å². The Bertz CT molecular complexity index is 1340. The number of halogens is 1. The number of carboxylic acids is 1. The summed E-state index contributed by atoms with van der Waals surface area (Å²) in [5.74, 6) is 0.184. The Kier molecular flexibility index (Phi) is 5.78. The molecular formula is C24H20ClN5O2S. The molecule has 2 aromatic heterocycles.